The second-order valence-corrected chi connectivity index (χ2v) is 7.96. The predicted molar refractivity (Wildman–Crippen MR) is 123 cm³/mol. The number of amides is 4. The number of hydrogen-bond donors (Lipinski definition) is 9. The fourth-order valence-corrected chi connectivity index (χ4v) is 3.09. The third-order valence-corrected chi connectivity index (χ3v) is 4.94. The standard InChI is InChI=1S/C20H32N8O8/c21-4-2-1-3-12(18(33)28-14(20(35)36)7-16(30)31)26-19(34)13(5-10-8-24-9-25-10)27-17(32)11(22)6-15(23)29/h8-9,11-14H,1-7,21-22H2,(H2,23,29)(H,24,25)(H,26,34)(H,27,32)(H,28,33)(H,30,31)(H,35,36). The highest BCUT2D eigenvalue weighted by Gasteiger charge is 2.31. The molecule has 0 aliphatic rings. The van der Waals surface area contributed by atoms with Gasteiger partial charge >= 0.3 is 11.9 Å². The number of carboxylic acids is 2. The number of primary amides is 1. The average molecular weight is 513 g/mol. The third kappa shape index (κ3) is 10.9. The third-order valence-electron chi connectivity index (χ3n) is 4.94. The van der Waals surface area contributed by atoms with Crippen LogP contribution < -0.4 is 33.2 Å². The van der Waals surface area contributed by atoms with Gasteiger partial charge in [-0.3, -0.25) is 24.0 Å². The van der Waals surface area contributed by atoms with Crippen molar-refractivity contribution < 1.29 is 39.0 Å². The van der Waals surface area contributed by atoms with Crippen LogP contribution in [-0.4, -0.2) is 86.5 Å². The van der Waals surface area contributed by atoms with E-state index in [-0.39, 0.29) is 12.8 Å². The molecule has 0 saturated carbocycles. The van der Waals surface area contributed by atoms with Gasteiger partial charge in [0.1, 0.15) is 18.1 Å². The SMILES string of the molecule is NCCCCC(NC(=O)C(Cc1cnc[nH]1)NC(=O)C(N)CC(N)=O)C(=O)NC(CC(=O)O)C(=O)O. The smallest absolute Gasteiger partial charge is 0.326 e. The molecule has 16 heteroatoms. The molecule has 0 aliphatic carbocycles. The summed E-state index contributed by atoms with van der Waals surface area (Å²) < 4.78 is 0. The number of aromatic nitrogens is 2. The summed E-state index contributed by atoms with van der Waals surface area (Å²) in [6.45, 7) is 0.301. The van der Waals surface area contributed by atoms with E-state index in [0.29, 0.717) is 25.1 Å². The Morgan fingerprint density at radius 3 is 2.06 bits per heavy atom. The zero-order valence-electron chi connectivity index (χ0n) is 19.4. The molecule has 36 heavy (non-hydrogen) atoms. The second kappa shape index (κ2) is 15.0. The molecule has 0 spiro atoms. The zero-order valence-corrected chi connectivity index (χ0v) is 19.4. The lowest BCUT2D eigenvalue weighted by Gasteiger charge is -2.25. The molecule has 0 fully saturated rings. The molecule has 0 radical (unpaired) electrons. The predicted octanol–water partition coefficient (Wildman–Crippen LogP) is -3.70. The maximum Gasteiger partial charge on any atom is 0.326 e. The fraction of sp³-hybridized carbons (Fsp3) is 0.550. The Kier molecular flexibility index (Phi) is 12.5. The molecular weight excluding hydrogens is 480 g/mol. The fourth-order valence-electron chi connectivity index (χ4n) is 3.09. The van der Waals surface area contributed by atoms with E-state index < -0.39 is 72.6 Å². The first kappa shape index (κ1) is 30.0. The highest BCUT2D eigenvalue weighted by Crippen LogP contribution is 2.06. The van der Waals surface area contributed by atoms with Crippen LogP contribution in [0.3, 0.4) is 0 Å². The molecule has 1 aromatic heterocycles. The number of aromatic amines is 1. The van der Waals surface area contributed by atoms with E-state index in [0.717, 1.165) is 0 Å². The number of H-pyrrole nitrogens is 1. The van der Waals surface area contributed by atoms with E-state index in [1.807, 2.05) is 0 Å². The van der Waals surface area contributed by atoms with E-state index >= 15 is 0 Å². The first-order valence-corrected chi connectivity index (χ1v) is 11.0. The summed E-state index contributed by atoms with van der Waals surface area (Å²) in [5, 5.41) is 25.1. The molecule has 0 saturated heterocycles. The lowest BCUT2D eigenvalue weighted by Crippen LogP contribution is -2.58. The van der Waals surface area contributed by atoms with Crippen molar-refractivity contribution in [3.63, 3.8) is 0 Å². The molecule has 0 aliphatic heterocycles. The van der Waals surface area contributed by atoms with Gasteiger partial charge < -0.3 is 48.3 Å². The number of imidazole rings is 1. The lowest BCUT2D eigenvalue weighted by atomic mass is 10.0. The van der Waals surface area contributed by atoms with Crippen molar-refractivity contribution >= 4 is 35.6 Å². The first-order valence-electron chi connectivity index (χ1n) is 11.0. The van der Waals surface area contributed by atoms with Crippen molar-refractivity contribution in [3.05, 3.63) is 18.2 Å². The summed E-state index contributed by atoms with van der Waals surface area (Å²) in [6.07, 6.45) is 2.26. The normalized spacial score (nSPS) is 14.1. The minimum Gasteiger partial charge on any atom is -0.481 e. The number of unbranched alkanes of at least 4 members (excludes halogenated alkanes) is 1. The van der Waals surface area contributed by atoms with E-state index in [9.17, 15) is 33.9 Å². The molecule has 4 unspecified atom stereocenters. The van der Waals surface area contributed by atoms with Gasteiger partial charge in [0.05, 0.1) is 25.2 Å². The molecule has 0 bridgehead atoms. The molecule has 0 aromatic carbocycles. The summed E-state index contributed by atoms with van der Waals surface area (Å²) in [7, 11) is 0. The number of nitrogens with zero attached hydrogens (tertiary/aromatic N) is 1. The van der Waals surface area contributed by atoms with Crippen LogP contribution in [0.15, 0.2) is 12.5 Å². The van der Waals surface area contributed by atoms with Gasteiger partial charge in [0, 0.05) is 18.3 Å². The van der Waals surface area contributed by atoms with Gasteiger partial charge in [-0.05, 0) is 25.8 Å². The Labute approximate surface area is 205 Å². The molecule has 4 atom stereocenters. The van der Waals surface area contributed by atoms with Crippen LogP contribution in [0.1, 0.15) is 37.8 Å². The van der Waals surface area contributed by atoms with Crippen LogP contribution >= 0.6 is 0 Å². The highest BCUT2D eigenvalue weighted by atomic mass is 16.4. The van der Waals surface area contributed by atoms with Gasteiger partial charge in [0.15, 0.2) is 0 Å². The molecule has 16 nitrogen and oxygen atoms in total. The van der Waals surface area contributed by atoms with E-state index in [1.54, 1.807) is 0 Å². The van der Waals surface area contributed by atoms with Crippen molar-refractivity contribution in [2.45, 2.75) is 62.7 Å². The summed E-state index contributed by atoms with van der Waals surface area (Å²) in [4.78, 5) is 78.2. The number of carbonyl (C=O) groups is 6. The van der Waals surface area contributed by atoms with Gasteiger partial charge in [-0.15, -0.1) is 0 Å². The molecule has 4 amide bonds. The Balaban J connectivity index is 3.06. The van der Waals surface area contributed by atoms with Crippen molar-refractivity contribution in [2.75, 3.05) is 6.54 Å². The summed E-state index contributed by atoms with van der Waals surface area (Å²) in [5.74, 6) is -6.41. The minimum absolute atomic E-state index is 0.0557. The average Bonchev–Trinajstić information content (AvgIpc) is 3.29. The van der Waals surface area contributed by atoms with Crippen molar-refractivity contribution in [2.24, 2.45) is 17.2 Å². The quantitative estimate of drug-likeness (QED) is 0.0915. The summed E-state index contributed by atoms with van der Waals surface area (Å²) >= 11 is 0. The monoisotopic (exact) mass is 512 g/mol. The summed E-state index contributed by atoms with van der Waals surface area (Å²) in [5.41, 5.74) is 16.6. The molecule has 200 valence electrons. The number of rotatable bonds is 17. The van der Waals surface area contributed by atoms with Crippen LogP contribution in [0.2, 0.25) is 0 Å². The van der Waals surface area contributed by atoms with Crippen molar-refractivity contribution in [1.82, 2.24) is 25.9 Å². The minimum atomic E-state index is -1.73. The zero-order chi connectivity index (χ0) is 27.3. The molecule has 12 N–H and O–H groups in total. The maximum absolute atomic E-state index is 13.1. The number of nitrogens with two attached hydrogens (primary N) is 3. The number of carbonyl (C=O) groups excluding carboxylic acids is 4. The topological polar surface area (TPSA) is 286 Å². The van der Waals surface area contributed by atoms with Crippen molar-refractivity contribution in [3.8, 4) is 0 Å². The van der Waals surface area contributed by atoms with Gasteiger partial charge in [-0.25, -0.2) is 9.78 Å². The van der Waals surface area contributed by atoms with E-state index in [4.69, 9.17) is 22.3 Å². The number of carboxylic acid groups (broad SMARTS) is 2. The van der Waals surface area contributed by atoms with Crippen molar-refractivity contribution in [1.29, 1.82) is 0 Å². The lowest BCUT2D eigenvalue weighted by molar-refractivity contribution is -0.147. The molecule has 1 aromatic rings. The van der Waals surface area contributed by atoms with Gasteiger partial charge in [-0.2, -0.15) is 0 Å². The second-order valence-electron chi connectivity index (χ2n) is 7.96. The van der Waals surface area contributed by atoms with Crippen LogP contribution in [-0.2, 0) is 35.2 Å². The van der Waals surface area contributed by atoms with E-state index in [2.05, 4.69) is 25.9 Å². The Morgan fingerprint density at radius 2 is 1.53 bits per heavy atom. The van der Waals surface area contributed by atoms with Crippen LogP contribution in [0.25, 0.3) is 0 Å². The Hall–Kier alpha value is -4.05. The number of hydrogen-bond acceptors (Lipinski definition) is 9. The molecule has 1 heterocycles. The van der Waals surface area contributed by atoms with Gasteiger partial charge in [0.25, 0.3) is 0 Å². The first-order chi connectivity index (χ1) is 16.9. The van der Waals surface area contributed by atoms with Crippen LogP contribution in [0, 0.1) is 0 Å². The highest BCUT2D eigenvalue weighted by molar-refractivity contribution is 5.95. The van der Waals surface area contributed by atoms with Crippen LogP contribution in [0.5, 0.6) is 0 Å². The number of aliphatic carboxylic acids is 2. The number of nitrogens with one attached hydrogen (secondary N) is 4. The Morgan fingerprint density at radius 1 is 0.917 bits per heavy atom. The summed E-state index contributed by atoms with van der Waals surface area (Å²) in [6, 6.07) is -5.58. The van der Waals surface area contributed by atoms with Gasteiger partial charge in [-0.1, -0.05) is 0 Å². The van der Waals surface area contributed by atoms with Gasteiger partial charge in [0.2, 0.25) is 23.6 Å². The molecular formula is C20H32N8O8. The van der Waals surface area contributed by atoms with E-state index in [1.165, 1.54) is 12.5 Å². The maximum atomic E-state index is 13.1. The molecule has 1 rings (SSSR count). The largest absolute Gasteiger partial charge is 0.481 e. The van der Waals surface area contributed by atoms with Crippen LogP contribution in [0.4, 0.5) is 0 Å². The Bertz CT molecular complexity index is 923.